The molecule has 1 unspecified atom stereocenters. The van der Waals surface area contributed by atoms with Gasteiger partial charge in [0.2, 0.25) is 0 Å². The van der Waals surface area contributed by atoms with Crippen LogP contribution in [0.2, 0.25) is 0 Å². The average molecular weight is 313 g/mol. The van der Waals surface area contributed by atoms with Crippen LogP contribution in [-0.4, -0.2) is 42.0 Å². The molecule has 0 radical (unpaired) electrons. The zero-order valence-electron chi connectivity index (χ0n) is 12.5. The van der Waals surface area contributed by atoms with Crippen molar-refractivity contribution in [1.29, 1.82) is 0 Å². The van der Waals surface area contributed by atoms with Gasteiger partial charge in [0.05, 0.1) is 18.3 Å². The molecule has 0 spiro atoms. The molecule has 1 aliphatic heterocycles. The molecule has 0 aromatic carbocycles. The Labute approximate surface area is 131 Å². The van der Waals surface area contributed by atoms with Crippen molar-refractivity contribution in [2.75, 3.05) is 0 Å². The summed E-state index contributed by atoms with van der Waals surface area (Å²) in [4.78, 5) is 30.4. The summed E-state index contributed by atoms with van der Waals surface area (Å²) < 4.78 is 1.69. The molecule has 4 rings (SSSR count). The minimum absolute atomic E-state index is 0.0522. The van der Waals surface area contributed by atoms with Gasteiger partial charge in [-0.15, -0.1) is 5.10 Å². The summed E-state index contributed by atoms with van der Waals surface area (Å²) in [5.74, 6) is 0.160. The first kappa shape index (κ1) is 13.8. The van der Waals surface area contributed by atoms with Crippen LogP contribution in [0.1, 0.15) is 37.3 Å². The number of aromatic nitrogens is 5. The first-order valence-electron chi connectivity index (χ1n) is 7.42. The smallest absolute Gasteiger partial charge is 0.318 e. The number of imide groups is 1. The number of nitrogens with zero attached hydrogens (tertiary/aromatic N) is 6. The van der Waals surface area contributed by atoms with Crippen molar-refractivity contribution in [3.63, 3.8) is 0 Å². The highest BCUT2D eigenvalue weighted by Gasteiger charge is 2.50. The SMILES string of the molecule is CC1(c2ccccn2)NC(=O)N(Cc2nnnn2C2CC2)C1=O. The van der Waals surface area contributed by atoms with Crippen LogP contribution in [0.15, 0.2) is 24.4 Å². The summed E-state index contributed by atoms with van der Waals surface area (Å²) in [6.07, 6.45) is 3.63. The van der Waals surface area contributed by atoms with Gasteiger partial charge in [0, 0.05) is 6.20 Å². The van der Waals surface area contributed by atoms with Gasteiger partial charge in [-0.2, -0.15) is 0 Å². The number of rotatable bonds is 4. The highest BCUT2D eigenvalue weighted by atomic mass is 16.2. The molecule has 1 atom stereocenters. The Hall–Kier alpha value is -2.84. The normalized spacial score (nSPS) is 24.1. The average Bonchev–Trinajstić information content (AvgIpc) is 3.26. The third-order valence-electron chi connectivity index (χ3n) is 4.21. The van der Waals surface area contributed by atoms with Crippen molar-refractivity contribution in [2.24, 2.45) is 0 Å². The van der Waals surface area contributed by atoms with E-state index in [9.17, 15) is 9.59 Å². The second-order valence-corrected chi connectivity index (χ2v) is 5.93. The molecule has 1 aliphatic carbocycles. The fourth-order valence-electron chi connectivity index (χ4n) is 2.73. The van der Waals surface area contributed by atoms with Gasteiger partial charge in [-0.05, 0) is 42.3 Å². The predicted molar refractivity (Wildman–Crippen MR) is 76.8 cm³/mol. The summed E-state index contributed by atoms with van der Waals surface area (Å²) in [6, 6.07) is 5.07. The second-order valence-electron chi connectivity index (χ2n) is 5.93. The van der Waals surface area contributed by atoms with Gasteiger partial charge in [-0.3, -0.25) is 14.7 Å². The van der Waals surface area contributed by atoms with E-state index in [1.54, 1.807) is 36.0 Å². The van der Waals surface area contributed by atoms with E-state index in [0.717, 1.165) is 17.7 Å². The maximum absolute atomic E-state index is 12.8. The molecule has 9 nitrogen and oxygen atoms in total. The summed E-state index contributed by atoms with van der Waals surface area (Å²) in [6.45, 7) is 1.70. The number of carbonyl (C=O) groups excluding carboxylic acids is 2. The number of tetrazole rings is 1. The van der Waals surface area contributed by atoms with Crippen molar-refractivity contribution in [3.05, 3.63) is 35.9 Å². The van der Waals surface area contributed by atoms with E-state index in [-0.39, 0.29) is 18.5 Å². The van der Waals surface area contributed by atoms with Crippen molar-refractivity contribution < 1.29 is 9.59 Å². The highest BCUT2D eigenvalue weighted by molar-refractivity contribution is 6.06. The van der Waals surface area contributed by atoms with E-state index in [0.29, 0.717) is 11.5 Å². The molecule has 9 heteroatoms. The van der Waals surface area contributed by atoms with E-state index >= 15 is 0 Å². The third kappa shape index (κ3) is 2.16. The van der Waals surface area contributed by atoms with Gasteiger partial charge >= 0.3 is 6.03 Å². The lowest BCUT2D eigenvalue weighted by atomic mass is 9.97. The Morgan fingerprint density at radius 1 is 1.35 bits per heavy atom. The number of nitrogens with one attached hydrogen (secondary N) is 1. The summed E-state index contributed by atoms with van der Waals surface area (Å²) in [5, 5.41) is 14.3. The van der Waals surface area contributed by atoms with Crippen molar-refractivity contribution in [1.82, 2.24) is 35.4 Å². The van der Waals surface area contributed by atoms with Gasteiger partial charge in [-0.1, -0.05) is 6.07 Å². The van der Waals surface area contributed by atoms with Crippen LogP contribution in [0.25, 0.3) is 0 Å². The van der Waals surface area contributed by atoms with E-state index in [2.05, 4.69) is 25.8 Å². The van der Waals surface area contributed by atoms with Crippen LogP contribution >= 0.6 is 0 Å². The van der Waals surface area contributed by atoms with Crippen LogP contribution in [0.3, 0.4) is 0 Å². The minimum atomic E-state index is -1.17. The van der Waals surface area contributed by atoms with E-state index in [1.165, 1.54) is 0 Å². The second kappa shape index (κ2) is 4.83. The molecule has 2 aliphatic rings. The Kier molecular flexibility index (Phi) is 2.90. The van der Waals surface area contributed by atoms with Crippen LogP contribution in [-0.2, 0) is 16.9 Å². The van der Waals surface area contributed by atoms with Crippen LogP contribution < -0.4 is 5.32 Å². The summed E-state index contributed by atoms with van der Waals surface area (Å²) in [7, 11) is 0. The fraction of sp³-hybridized carbons (Fsp3) is 0.429. The largest absolute Gasteiger partial charge is 0.325 e. The first-order valence-corrected chi connectivity index (χ1v) is 7.42. The van der Waals surface area contributed by atoms with E-state index in [4.69, 9.17) is 0 Å². The van der Waals surface area contributed by atoms with Gasteiger partial charge < -0.3 is 5.32 Å². The van der Waals surface area contributed by atoms with Crippen molar-refractivity contribution in [2.45, 2.75) is 37.9 Å². The Morgan fingerprint density at radius 2 is 2.17 bits per heavy atom. The van der Waals surface area contributed by atoms with Crippen LogP contribution in [0.4, 0.5) is 4.79 Å². The minimum Gasteiger partial charge on any atom is -0.318 e. The quantitative estimate of drug-likeness (QED) is 0.817. The van der Waals surface area contributed by atoms with E-state index < -0.39 is 11.6 Å². The lowest BCUT2D eigenvalue weighted by molar-refractivity contribution is -0.131. The predicted octanol–water partition coefficient (Wildman–Crippen LogP) is 0.370. The van der Waals surface area contributed by atoms with Crippen LogP contribution in [0, 0.1) is 0 Å². The fourth-order valence-corrected chi connectivity index (χ4v) is 2.73. The van der Waals surface area contributed by atoms with Crippen molar-refractivity contribution >= 4 is 11.9 Å². The molecule has 118 valence electrons. The highest BCUT2D eigenvalue weighted by Crippen LogP contribution is 2.35. The van der Waals surface area contributed by atoms with E-state index in [1.807, 2.05) is 0 Å². The molecule has 1 saturated carbocycles. The molecule has 1 saturated heterocycles. The number of amides is 3. The first-order chi connectivity index (χ1) is 11.1. The molecule has 23 heavy (non-hydrogen) atoms. The maximum atomic E-state index is 12.8. The van der Waals surface area contributed by atoms with Gasteiger partial charge in [0.1, 0.15) is 0 Å². The maximum Gasteiger partial charge on any atom is 0.325 e. The van der Waals surface area contributed by atoms with Gasteiger partial charge in [0.15, 0.2) is 11.4 Å². The summed E-state index contributed by atoms with van der Waals surface area (Å²) in [5.41, 5.74) is -0.668. The van der Waals surface area contributed by atoms with Gasteiger partial charge in [-0.25, -0.2) is 9.48 Å². The topological polar surface area (TPSA) is 106 Å². The lowest BCUT2D eigenvalue weighted by Gasteiger charge is -2.20. The van der Waals surface area contributed by atoms with Crippen LogP contribution in [0.5, 0.6) is 0 Å². The van der Waals surface area contributed by atoms with Crippen molar-refractivity contribution in [3.8, 4) is 0 Å². The molecule has 2 aromatic heterocycles. The number of hydrogen-bond donors (Lipinski definition) is 1. The number of urea groups is 1. The molecule has 2 fully saturated rings. The monoisotopic (exact) mass is 313 g/mol. The summed E-state index contributed by atoms with van der Waals surface area (Å²) >= 11 is 0. The number of hydrogen-bond acceptors (Lipinski definition) is 6. The molecule has 0 bridgehead atoms. The molecule has 3 heterocycles. The zero-order valence-corrected chi connectivity index (χ0v) is 12.5. The van der Waals surface area contributed by atoms with Gasteiger partial charge in [0.25, 0.3) is 5.91 Å². The Balaban J connectivity index is 1.62. The molecule has 2 aromatic rings. The molecular weight excluding hydrogens is 298 g/mol. The third-order valence-corrected chi connectivity index (χ3v) is 4.21. The molecular formula is C14H15N7O2. The Morgan fingerprint density at radius 3 is 2.87 bits per heavy atom. The zero-order chi connectivity index (χ0) is 16.0. The lowest BCUT2D eigenvalue weighted by Crippen LogP contribution is -2.41. The molecule has 1 N–H and O–H groups in total. The Bertz CT molecular complexity index is 770. The molecule has 3 amide bonds. The number of carbonyl (C=O) groups is 2. The standard InChI is InChI=1S/C14H15N7O2/c1-14(10-4-2-3-7-15-10)12(22)20(13(23)16-14)8-11-17-18-19-21(11)9-5-6-9/h2-4,7,9H,5-6,8H2,1H3,(H,16,23). The number of pyridine rings is 1.